The first kappa shape index (κ1) is 22.8. The first-order chi connectivity index (χ1) is 15.4. The zero-order valence-corrected chi connectivity index (χ0v) is 19.8. The minimum atomic E-state index is -0.465. The predicted molar refractivity (Wildman–Crippen MR) is 127 cm³/mol. The number of nitrogens with one attached hydrogen (secondary N) is 1. The highest BCUT2D eigenvalue weighted by atomic mass is 35.5. The molecule has 0 spiro atoms. The Morgan fingerprint density at radius 1 is 0.969 bits per heavy atom. The van der Waals surface area contributed by atoms with Crippen molar-refractivity contribution in [1.29, 1.82) is 0 Å². The van der Waals surface area contributed by atoms with Crippen LogP contribution in [-0.2, 0) is 5.75 Å². The second kappa shape index (κ2) is 10.1. The van der Waals surface area contributed by atoms with Crippen LogP contribution in [0.2, 0.25) is 20.1 Å². The number of rotatable bonds is 6. The van der Waals surface area contributed by atoms with Crippen LogP contribution in [0.25, 0.3) is 5.69 Å². The summed E-state index contributed by atoms with van der Waals surface area (Å²) in [6.45, 7) is 0. The minimum absolute atomic E-state index is 0.121. The van der Waals surface area contributed by atoms with Gasteiger partial charge in [0.25, 0.3) is 5.91 Å². The highest BCUT2D eigenvalue weighted by Crippen LogP contribution is 2.28. The van der Waals surface area contributed by atoms with Crippen LogP contribution in [0.3, 0.4) is 0 Å². The van der Waals surface area contributed by atoms with E-state index < -0.39 is 5.91 Å². The SMILES string of the molecule is O=C(Nc1ccc(Cl)c(Cl)c1)c1nnn(-c2cc(Cl)cc(Cl)c2)c1CSc1ncccn1. The molecular formula is C20H12Cl4N6OS. The zero-order chi connectivity index (χ0) is 22.7. The first-order valence-corrected chi connectivity index (χ1v) is 11.5. The van der Waals surface area contributed by atoms with Crippen LogP contribution in [0, 0.1) is 0 Å². The smallest absolute Gasteiger partial charge is 0.278 e. The summed E-state index contributed by atoms with van der Waals surface area (Å²) in [5, 5.41) is 13.1. The van der Waals surface area contributed by atoms with E-state index in [0.717, 1.165) is 0 Å². The topological polar surface area (TPSA) is 85.6 Å². The van der Waals surface area contributed by atoms with E-state index in [2.05, 4.69) is 25.6 Å². The molecule has 0 saturated heterocycles. The van der Waals surface area contributed by atoms with E-state index in [9.17, 15) is 4.79 Å². The van der Waals surface area contributed by atoms with Crippen LogP contribution in [0.4, 0.5) is 5.69 Å². The van der Waals surface area contributed by atoms with Crippen molar-refractivity contribution in [2.45, 2.75) is 10.9 Å². The fourth-order valence-electron chi connectivity index (χ4n) is 2.73. The van der Waals surface area contributed by atoms with Gasteiger partial charge in [0.1, 0.15) is 0 Å². The number of halogens is 4. The van der Waals surface area contributed by atoms with Crippen LogP contribution in [-0.4, -0.2) is 30.9 Å². The molecule has 162 valence electrons. The van der Waals surface area contributed by atoms with Gasteiger partial charge in [0.2, 0.25) is 0 Å². The Bertz CT molecular complexity index is 1260. The van der Waals surface area contributed by atoms with Gasteiger partial charge in [-0.3, -0.25) is 4.79 Å². The van der Waals surface area contributed by atoms with Gasteiger partial charge in [-0.1, -0.05) is 63.4 Å². The third kappa shape index (κ3) is 5.33. The maximum atomic E-state index is 13.0. The number of hydrogen-bond acceptors (Lipinski definition) is 6. The minimum Gasteiger partial charge on any atom is -0.320 e. The van der Waals surface area contributed by atoms with Crippen LogP contribution in [0.5, 0.6) is 0 Å². The lowest BCUT2D eigenvalue weighted by atomic mass is 10.2. The van der Waals surface area contributed by atoms with Gasteiger partial charge in [0.15, 0.2) is 10.9 Å². The summed E-state index contributed by atoms with van der Waals surface area (Å²) in [5.41, 5.74) is 1.66. The Kier molecular flexibility index (Phi) is 7.17. The lowest BCUT2D eigenvalue weighted by Gasteiger charge is -2.09. The fraction of sp³-hybridized carbons (Fsp3) is 0.0500. The molecule has 4 rings (SSSR count). The molecule has 0 radical (unpaired) electrons. The molecule has 0 saturated carbocycles. The molecule has 0 fully saturated rings. The molecule has 0 aliphatic carbocycles. The van der Waals surface area contributed by atoms with E-state index in [1.54, 1.807) is 54.9 Å². The number of anilines is 1. The van der Waals surface area contributed by atoms with E-state index in [1.807, 2.05) is 0 Å². The van der Waals surface area contributed by atoms with Gasteiger partial charge in [-0.15, -0.1) is 5.10 Å². The van der Waals surface area contributed by atoms with Gasteiger partial charge in [-0.05, 0) is 42.5 Å². The van der Waals surface area contributed by atoms with Gasteiger partial charge in [0, 0.05) is 33.9 Å². The highest BCUT2D eigenvalue weighted by molar-refractivity contribution is 7.98. The second-order valence-corrected chi connectivity index (χ2v) is 8.96. The molecule has 0 atom stereocenters. The van der Waals surface area contributed by atoms with Crippen molar-refractivity contribution in [2.75, 3.05) is 5.32 Å². The number of thioether (sulfide) groups is 1. The van der Waals surface area contributed by atoms with Crippen molar-refractivity contribution >= 4 is 69.8 Å². The van der Waals surface area contributed by atoms with E-state index in [-0.39, 0.29) is 5.69 Å². The van der Waals surface area contributed by atoms with Gasteiger partial charge < -0.3 is 5.32 Å². The summed E-state index contributed by atoms with van der Waals surface area (Å²) in [7, 11) is 0. The van der Waals surface area contributed by atoms with Crippen LogP contribution < -0.4 is 5.32 Å². The van der Waals surface area contributed by atoms with Crippen molar-refractivity contribution < 1.29 is 4.79 Å². The van der Waals surface area contributed by atoms with E-state index in [0.29, 0.717) is 48.1 Å². The monoisotopic (exact) mass is 524 g/mol. The van der Waals surface area contributed by atoms with E-state index in [1.165, 1.54) is 16.4 Å². The number of carbonyl (C=O) groups excluding carboxylic acids is 1. The van der Waals surface area contributed by atoms with Gasteiger partial charge >= 0.3 is 0 Å². The summed E-state index contributed by atoms with van der Waals surface area (Å²) in [5.74, 6) is -0.155. The van der Waals surface area contributed by atoms with Crippen molar-refractivity contribution in [3.8, 4) is 5.69 Å². The number of benzene rings is 2. The van der Waals surface area contributed by atoms with Crippen molar-refractivity contribution in [3.05, 3.63) is 86.3 Å². The third-order valence-corrected chi connectivity index (χ3v) is 6.19. The zero-order valence-electron chi connectivity index (χ0n) is 16.0. The second-order valence-electron chi connectivity index (χ2n) is 6.33. The lowest BCUT2D eigenvalue weighted by Crippen LogP contribution is -2.15. The lowest BCUT2D eigenvalue weighted by molar-refractivity contribution is 0.102. The Morgan fingerprint density at radius 3 is 2.38 bits per heavy atom. The summed E-state index contributed by atoms with van der Waals surface area (Å²) >= 11 is 25.6. The van der Waals surface area contributed by atoms with E-state index in [4.69, 9.17) is 46.4 Å². The summed E-state index contributed by atoms with van der Waals surface area (Å²) in [6.07, 6.45) is 3.28. The third-order valence-electron chi connectivity index (χ3n) is 4.13. The number of amides is 1. The van der Waals surface area contributed by atoms with Crippen LogP contribution in [0.15, 0.2) is 60.0 Å². The Hall–Kier alpha value is -2.36. The molecule has 12 heteroatoms. The number of nitrogens with zero attached hydrogens (tertiary/aromatic N) is 5. The molecule has 2 aromatic heterocycles. The maximum Gasteiger partial charge on any atom is 0.278 e. The number of hydrogen-bond donors (Lipinski definition) is 1. The summed E-state index contributed by atoms with van der Waals surface area (Å²) < 4.78 is 1.51. The molecule has 2 heterocycles. The van der Waals surface area contributed by atoms with Crippen LogP contribution in [0.1, 0.15) is 16.2 Å². The quantitative estimate of drug-likeness (QED) is 0.237. The van der Waals surface area contributed by atoms with Gasteiger partial charge in [-0.25, -0.2) is 14.6 Å². The summed E-state index contributed by atoms with van der Waals surface area (Å²) in [4.78, 5) is 21.4. The largest absolute Gasteiger partial charge is 0.320 e. The molecule has 0 unspecified atom stereocenters. The molecule has 0 aliphatic rings. The Balaban J connectivity index is 1.69. The molecule has 7 nitrogen and oxygen atoms in total. The highest BCUT2D eigenvalue weighted by Gasteiger charge is 2.22. The molecule has 0 bridgehead atoms. The fourth-order valence-corrected chi connectivity index (χ4v) is 4.34. The maximum absolute atomic E-state index is 13.0. The number of carbonyl (C=O) groups is 1. The standard InChI is InChI=1S/C20H12Cl4N6OS/c21-11-6-12(22)8-14(7-11)30-17(10-32-20-25-4-1-5-26-20)18(28-29-30)19(31)27-13-2-3-15(23)16(24)9-13/h1-9H,10H2,(H,27,31). The van der Waals surface area contributed by atoms with Gasteiger partial charge in [0.05, 0.1) is 21.4 Å². The first-order valence-electron chi connectivity index (χ1n) is 8.98. The van der Waals surface area contributed by atoms with E-state index >= 15 is 0 Å². The Morgan fingerprint density at radius 2 is 1.69 bits per heavy atom. The van der Waals surface area contributed by atoms with Gasteiger partial charge in [-0.2, -0.15) is 0 Å². The molecule has 0 aliphatic heterocycles. The predicted octanol–water partition coefficient (Wildman–Crippen LogP) is 6.22. The summed E-state index contributed by atoms with van der Waals surface area (Å²) in [6, 6.07) is 11.5. The van der Waals surface area contributed by atoms with Crippen molar-refractivity contribution in [2.24, 2.45) is 0 Å². The van der Waals surface area contributed by atoms with Crippen molar-refractivity contribution in [3.63, 3.8) is 0 Å². The molecule has 2 aromatic carbocycles. The van der Waals surface area contributed by atoms with Crippen molar-refractivity contribution in [1.82, 2.24) is 25.0 Å². The average molecular weight is 526 g/mol. The number of aromatic nitrogens is 5. The Labute approximate surface area is 207 Å². The van der Waals surface area contributed by atoms with Crippen LogP contribution >= 0.6 is 58.2 Å². The average Bonchev–Trinajstić information content (AvgIpc) is 3.19. The molecular weight excluding hydrogens is 514 g/mol. The molecule has 1 N–H and O–H groups in total. The molecule has 1 amide bonds. The normalized spacial score (nSPS) is 10.9. The molecule has 32 heavy (non-hydrogen) atoms. The molecule has 4 aromatic rings.